The first kappa shape index (κ1) is 38.2. The van der Waals surface area contributed by atoms with Crippen LogP contribution >= 0.6 is 11.3 Å². The summed E-state index contributed by atoms with van der Waals surface area (Å²) in [5.74, 6) is 31.5. The minimum Gasteiger partial charge on any atom is -0.145 e. The Morgan fingerprint density at radius 2 is 0.906 bits per heavy atom. The predicted molar refractivity (Wildman–Crippen MR) is 259 cm³/mol. The van der Waals surface area contributed by atoms with Crippen LogP contribution < -0.4 is 0 Å². The van der Waals surface area contributed by atoms with E-state index in [-0.39, 0.29) is 0 Å². The van der Waals surface area contributed by atoms with Crippen LogP contribution in [0.25, 0.3) is 0 Å². The fourth-order valence-electron chi connectivity index (χ4n) is 30.0. The Kier molecular flexibility index (Phi) is 7.56. The largest absolute Gasteiger partial charge is 0.145 e. The maximum atomic E-state index is 3.37. The molecule has 0 aliphatic heterocycles. The maximum Gasteiger partial charge on any atom is 0.0218 e. The van der Waals surface area contributed by atoms with Crippen molar-refractivity contribution in [2.45, 2.75) is 180 Å². The molecule has 18 rings (SSSR count). The van der Waals surface area contributed by atoms with Crippen LogP contribution in [0.2, 0.25) is 0 Å². The molecule has 17 aliphatic carbocycles. The standard InChI is InChI=1S/C63H86S/c1-3-5-6-7-8-9-10-11-12-13-14-15-16-17-18-21-62(40-20-19-39(4-2)64-40)61-29-37-27-35-25-33-24-34-23-31-22-32-26-36-28-38(30-61)59-57-46(36)50-42(32)41(31)48-45(34)49-43(33)44(35)51-47(37)60(63(59,61)62)58-55(51)53(49)52(48)54(50)56(57)58/h19-20,30-37,41-60H,3-18,21-29H2,1-2H3. The van der Waals surface area contributed by atoms with Gasteiger partial charge < -0.3 is 0 Å². The average Bonchev–Trinajstić information content (AvgIpc) is 4.11. The van der Waals surface area contributed by atoms with Gasteiger partial charge in [-0.1, -0.05) is 122 Å². The minimum absolute atomic E-state index is 0.487. The molecule has 0 radical (unpaired) electrons. The molecule has 0 saturated heterocycles. The molecule has 1 heteroatoms. The molecule has 0 aromatic carbocycles. The fraction of sp³-hybridized carbons (Fsp3) is 0.905. The van der Waals surface area contributed by atoms with Crippen molar-refractivity contribution in [3.05, 3.63) is 33.5 Å². The first-order valence-electron chi connectivity index (χ1n) is 30.5. The van der Waals surface area contributed by atoms with Crippen LogP contribution in [0.4, 0.5) is 0 Å². The molecule has 17 aliphatic rings. The quantitative estimate of drug-likeness (QED) is 0.102. The van der Waals surface area contributed by atoms with E-state index in [9.17, 15) is 0 Å². The van der Waals surface area contributed by atoms with Crippen LogP contribution in [0, 0.1) is 171 Å². The van der Waals surface area contributed by atoms with Crippen molar-refractivity contribution in [3.63, 3.8) is 0 Å². The van der Waals surface area contributed by atoms with Gasteiger partial charge in [0.1, 0.15) is 0 Å². The summed E-state index contributed by atoms with van der Waals surface area (Å²) < 4.78 is 0. The maximum absolute atomic E-state index is 3.37. The molecule has 16 fully saturated rings. The van der Waals surface area contributed by atoms with Gasteiger partial charge in [0.2, 0.25) is 0 Å². The zero-order chi connectivity index (χ0) is 41.3. The van der Waals surface area contributed by atoms with Gasteiger partial charge in [-0.25, -0.2) is 0 Å². The highest BCUT2D eigenvalue weighted by Gasteiger charge is 3.00. The van der Waals surface area contributed by atoms with Crippen molar-refractivity contribution < 1.29 is 0 Å². The summed E-state index contributed by atoms with van der Waals surface area (Å²) in [6.07, 6.45) is 42.2. The molecule has 16 saturated carbocycles. The van der Waals surface area contributed by atoms with E-state index < -0.39 is 0 Å². The molecule has 1 spiro atoms. The van der Waals surface area contributed by atoms with Gasteiger partial charge in [0, 0.05) is 26.0 Å². The highest BCUT2D eigenvalue weighted by molar-refractivity contribution is 7.12. The smallest absolute Gasteiger partial charge is 0.0218 e. The Labute approximate surface area is 393 Å². The summed E-state index contributed by atoms with van der Waals surface area (Å²) >= 11 is 2.40. The molecule has 0 nitrogen and oxygen atoms in total. The van der Waals surface area contributed by atoms with Gasteiger partial charge in [-0.3, -0.25) is 0 Å². The third-order valence-corrected chi connectivity index (χ3v) is 30.5. The first-order chi connectivity index (χ1) is 31.7. The van der Waals surface area contributed by atoms with E-state index in [1.54, 1.807) is 69.1 Å². The second kappa shape index (κ2) is 12.7. The summed E-state index contributed by atoms with van der Waals surface area (Å²) in [5, 5.41) is 0. The van der Waals surface area contributed by atoms with Crippen molar-refractivity contribution in [1.29, 1.82) is 0 Å². The molecule has 30 unspecified atom stereocenters. The molecular formula is C63H86S. The molecule has 0 N–H and O–H groups in total. The lowest BCUT2D eigenvalue weighted by Crippen LogP contribution is -2.59. The number of allylic oxidation sites excluding steroid dienone is 2. The molecule has 0 bridgehead atoms. The van der Waals surface area contributed by atoms with Gasteiger partial charge >= 0.3 is 0 Å². The highest BCUT2D eigenvalue weighted by atomic mass is 32.1. The third-order valence-electron chi connectivity index (χ3n) is 29.1. The van der Waals surface area contributed by atoms with Crippen molar-refractivity contribution in [2.24, 2.45) is 171 Å². The second-order valence-corrected chi connectivity index (χ2v) is 30.5. The predicted octanol–water partition coefficient (Wildman–Crippen LogP) is 15.7. The number of aryl methyl sites for hydroxylation is 1. The molecule has 0 amide bonds. The van der Waals surface area contributed by atoms with Crippen molar-refractivity contribution in [2.75, 3.05) is 0 Å². The Bertz CT molecular complexity index is 2180. The molecule has 1 aromatic rings. The van der Waals surface area contributed by atoms with Crippen LogP contribution in [0.5, 0.6) is 0 Å². The number of thiophene rings is 1. The zero-order valence-electron chi connectivity index (χ0n) is 40.4. The summed E-state index contributed by atoms with van der Waals surface area (Å²) in [4.78, 5) is 3.71. The Morgan fingerprint density at radius 1 is 0.453 bits per heavy atom. The van der Waals surface area contributed by atoms with Gasteiger partial charge in [-0.05, 0) is 236 Å². The first-order valence-corrected chi connectivity index (χ1v) is 31.3. The van der Waals surface area contributed by atoms with E-state index in [2.05, 4.69) is 49.0 Å². The van der Waals surface area contributed by atoms with Gasteiger partial charge in [0.05, 0.1) is 0 Å². The highest BCUT2D eigenvalue weighted by Crippen LogP contribution is 3.03. The van der Waals surface area contributed by atoms with Crippen LogP contribution in [-0.2, 0) is 11.8 Å². The fourth-order valence-corrected chi connectivity index (χ4v) is 31.3. The molecule has 1 heterocycles. The van der Waals surface area contributed by atoms with E-state index in [1.165, 1.54) is 197 Å². The average molecular weight is 875 g/mol. The number of rotatable bonds is 18. The van der Waals surface area contributed by atoms with E-state index in [0.717, 1.165) is 59.2 Å². The van der Waals surface area contributed by atoms with Crippen LogP contribution in [0.1, 0.15) is 178 Å². The van der Waals surface area contributed by atoms with Gasteiger partial charge in [-0.2, -0.15) is 0 Å². The second-order valence-electron chi connectivity index (χ2n) is 29.3. The Morgan fingerprint density at radius 3 is 1.47 bits per heavy atom. The zero-order valence-corrected chi connectivity index (χ0v) is 41.2. The van der Waals surface area contributed by atoms with Crippen LogP contribution in [0.15, 0.2) is 23.8 Å². The van der Waals surface area contributed by atoms with Gasteiger partial charge in [-0.15, -0.1) is 11.3 Å². The molecule has 344 valence electrons. The lowest BCUT2D eigenvalue weighted by molar-refractivity contribution is -0.154. The normalized spacial score (nSPS) is 62.6. The van der Waals surface area contributed by atoms with E-state index in [1.807, 2.05) is 4.88 Å². The van der Waals surface area contributed by atoms with Gasteiger partial charge in [0.15, 0.2) is 0 Å². The topological polar surface area (TPSA) is 0 Å². The lowest BCUT2D eigenvalue weighted by atomic mass is 9.41. The Hall–Kier alpha value is -0.560. The molecular weight excluding hydrogens is 789 g/mol. The van der Waals surface area contributed by atoms with E-state index in [0.29, 0.717) is 16.2 Å². The van der Waals surface area contributed by atoms with Crippen LogP contribution in [0.3, 0.4) is 0 Å². The summed E-state index contributed by atoms with van der Waals surface area (Å²) in [5.41, 5.74) is 3.82. The molecule has 30 atom stereocenters. The summed E-state index contributed by atoms with van der Waals surface area (Å²) in [6, 6.07) is 5.55. The molecule has 64 heavy (non-hydrogen) atoms. The molecule has 1 aromatic heterocycles. The summed E-state index contributed by atoms with van der Waals surface area (Å²) in [7, 11) is 0. The third kappa shape index (κ3) is 3.85. The minimum atomic E-state index is 0.487. The van der Waals surface area contributed by atoms with E-state index >= 15 is 0 Å². The number of hydrogen-bond donors (Lipinski definition) is 0. The summed E-state index contributed by atoms with van der Waals surface area (Å²) in [6.45, 7) is 4.83. The van der Waals surface area contributed by atoms with Crippen molar-refractivity contribution in [1.82, 2.24) is 0 Å². The monoisotopic (exact) mass is 875 g/mol. The number of unbranched alkanes of at least 4 members (excludes halogenated alkanes) is 14. The van der Waals surface area contributed by atoms with Crippen molar-refractivity contribution >= 4 is 11.3 Å². The van der Waals surface area contributed by atoms with Crippen LogP contribution in [-0.4, -0.2) is 0 Å². The SMILES string of the molecule is CCCCCCCCCCCCCCCCCC1(c2ccc(CC)s2)C23C=C4CC5CC6CC7CC8CC9CC%10CC(C2)C2C%11C%10C9C9C8C8C7C6C6C5C5C7C6C8C9C%11C7C2C31C45. The number of hydrogen-bond acceptors (Lipinski definition) is 1. The van der Waals surface area contributed by atoms with Gasteiger partial charge in [0.25, 0.3) is 0 Å². The van der Waals surface area contributed by atoms with E-state index in [4.69, 9.17) is 0 Å². The van der Waals surface area contributed by atoms with Crippen molar-refractivity contribution in [3.8, 4) is 0 Å². The Balaban J connectivity index is 0.734. The lowest BCUT2D eigenvalue weighted by Gasteiger charge is -2.62.